The van der Waals surface area contributed by atoms with E-state index < -0.39 is 0 Å². The van der Waals surface area contributed by atoms with Crippen LogP contribution in [0.4, 0.5) is 0 Å². The summed E-state index contributed by atoms with van der Waals surface area (Å²) in [6.45, 7) is 1.89. The van der Waals surface area contributed by atoms with Gasteiger partial charge in [0.05, 0.1) is 23.0 Å². The minimum Gasteiger partial charge on any atom is -0.390 e. The predicted octanol–water partition coefficient (Wildman–Crippen LogP) is 3.82. The Morgan fingerprint density at radius 1 is 1.35 bits per heavy atom. The molecule has 1 aromatic carbocycles. The van der Waals surface area contributed by atoms with Crippen LogP contribution in [0.5, 0.6) is 0 Å². The molecule has 0 unspecified atom stereocenters. The van der Waals surface area contributed by atoms with Crippen LogP contribution in [0.15, 0.2) is 18.2 Å². The van der Waals surface area contributed by atoms with E-state index in [4.69, 9.17) is 23.2 Å². The van der Waals surface area contributed by atoms with Gasteiger partial charge in [-0.05, 0) is 24.6 Å². The Morgan fingerprint density at radius 2 is 2.15 bits per heavy atom. The highest BCUT2D eigenvalue weighted by Gasteiger charge is 2.18. The zero-order valence-electron chi connectivity index (χ0n) is 10.6. The zero-order chi connectivity index (χ0) is 14.3. The van der Waals surface area contributed by atoms with Crippen LogP contribution in [0.2, 0.25) is 10.0 Å². The fourth-order valence-electron chi connectivity index (χ4n) is 2.01. The summed E-state index contributed by atoms with van der Waals surface area (Å²) in [7, 11) is 0. The molecule has 0 aliphatic rings. The Labute approximate surface area is 129 Å². The van der Waals surface area contributed by atoms with Gasteiger partial charge >= 0.3 is 0 Å². The SMILES string of the molecule is CCc1nn2c(CO)c(-c3ccc(Cl)cc3Cl)nc2s1. The molecule has 0 spiro atoms. The average Bonchev–Trinajstić information content (AvgIpc) is 2.95. The Balaban J connectivity index is 2.22. The normalized spacial score (nSPS) is 11.4. The maximum absolute atomic E-state index is 9.63. The van der Waals surface area contributed by atoms with E-state index in [0.29, 0.717) is 21.4 Å². The molecule has 0 atom stereocenters. The number of aliphatic hydroxyl groups is 1. The molecule has 104 valence electrons. The highest BCUT2D eigenvalue weighted by Crippen LogP contribution is 2.33. The second-order valence-electron chi connectivity index (χ2n) is 4.23. The van der Waals surface area contributed by atoms with Gasteiger partial charge in [0, 0.05) is 10.6 Å². The highest BCUT2D eigenvalue weighted by molar-refractivity contribution is 7.16. The number of hydrogen-bond donors (Lipinski definition) is 1. The molecule has 0 saturated carbocycles. The number of aromatic nitrogens is 3. The number of benzene rings is 1. The van der Waals surface area contributed by atoms with Crippen molar-refractivity contribution in [3.8, 4) is 11.3 Å². The van der Waals surface area contributed by atoms with Crippen LogP contribution >= 0.6 is 34.5 Å². The Bertz CT molecular complexity index is 781. The van der Waals surface area contributed by atoms with E-state index in [1.165, 1.54) is 11.3 Å². The largest absolute Gasteiger partial charge is 0.390 e. The summed E-state index contributed by atoms with van der Waals surface area (Å²) in [5.41, 5.74) is 2.03. The topological polar surface area (TPSA) is 50.4 Å². The molecule has 3 aromatic rings. The molecule has 0 fully saturated rings. The Morgan fingerprint density at radius 3 is 2.80 bits per heavy atom. The molecule has 0 bridgehead atoms. The summed E-state index contributed by atoms with van der Waals surface area (Å²) in [5.74, 6) is 0. The molecule has 2 heterocycles. The lowest BCUT2D eigenvalue weighted by Crippen LogP contribution is -1.96. The smallest absolute Gasteiger partial charge is 0.213 e. The molecule has 0 amide bonds. The first kappa shape index (κ1) is 13.8. The number of aryl methyl sites for hydroxylation is 1. The third-order valence-corrected chi connectivity index (χ3v) is 4.58. The maximum atomic E-state index is 9.63. The van der Waals surface area contributed by atoms with E-state index in [1.54, 1.807) is 22.7 Å². The summed E-state index contributed by atoms with van der Waals surface area (Å²) in [6.07, 6.45) is 0.843. The molecular formula is C13H11Cl2N3OS. The summed E-state index contributed by atoms with van der Waals surface area (Å²) in [5, 5.41) is 16.1. The molecule has 7 heteroatoms. The van der Waals surface area contributed by atoms with Crippen LogP contribution in [0.1, 0.15) is 17.6 Å². The molecule has 0 aliphatic heterocycles. The zero-order valence-corrected chi connectivity index (χ0v) is 12.9. The van der Waals surface area contributed by atoms with E-state index in [-0.39, 0.29) is 6.61 Å². The second kappa shape index (κ2) is 5.33. The lowest BCUT2D eigenvalue weighted by atomic mass is 10.1. The molecule has 20 heavy (non-hydrogen) atoms. The van der Waals surface area contributed by atoms with Gasteiger partial charge < -0.3 is 5.11 Å². The van der Waals surface area contributed by atoms with Gasteiger partial charge in [-0.3, -0.25) is 0 Å². The molecule has 0 aliphatic carbocycles. The fraction of sp³-hybridized carbons (Fsp3) is 0.231. The standard InChI is InChI=1S/C13H11Cl2N3OS/c1-2-11-17-18-10(6-19)12(16-13(18)20-11)8-4-3-7(14)5-9(8)15/h3-5,19H,2,6H2,1H3. The van der Waals surface area contributed by atoms with E-state index in [9.17, 15) is 5.11 Å². The second-order valence-corrected chi connectivity index (χ2v) is 6.12. The Kier molecular flexibility index (Phi) is 3.69. The van der Waals surface area contributed by atoms with Crippen molar-refractivity contribution in [3.05, 3.63) is 38.9 Å². The van der Waals surface area contributed by atoms with Gasteiger partial charge in [0.1, 0.15) is 5.01 Å². The van der Waals surface area contributed by atoms with Crippen LogP contribution in [0, 0.1) is 0 Å². The first-order chi connectivity index (χ1) is 9.63. The number of aliphatic hydroxyl groups excluding tert-OH is 1. The molecule has 0 saturated heterocycles. The van der Waals surface area contributed by atoms with Crippen molar-refractivity contribution in [2.45, 2.75) is 20.0 Å². The number of halogens is 2. The van der Waals surface area contributed by atoms with Gasteiger partial charge in [-0.1, -0.05) is 41.5 Å². The highest BCUT2D eigenvalue weighted by atomic mass is 35.5. The number of fused-ring (bicyclic) bond motifs is 1. The average molecular weight is 328 g/mol. The van der Waals surface area contributed by atoms with Crippen molar-refractivity contribution in [2.24, 2.45) is 0 Å². The molecule has 3 rings (SSSR count). The van der Waals surface area contributed by atoms with Crippen molar-refractivity contribution in [2.75, 3.05) is 0 Å². The fourth-order valence-corrected chi connectivity index (χ4v) is 3.36. The maximum Gasteiger partial charge on any atom is 0.213 e. The molecular weight excluding hydrogens is 317 g/mol. The minimum absolute atomic E-state index is 0.150. The molecule has 2 aromatic heterocycles. The van der Waals surface area contributed by atoms with Crippen LogP contribution < -0.4 is 0 Å². The van der Waals surface area contributed by atoms with Gasteiger partial charge in [0.15, 0.2) is 0 Å². The Hall–Kier alpha value is -1.14. The molecule has 1 N–H and O–H groups in total. The van der Waals surface area contributed by atoms with Gasteiger partial charge in [0.25, 0.3) is 0 Å². The third kappa shape index (κ3) is 2.20. The van der Waals surface area contributed by atoms with Crippen molar-refractivity contribution in [1.29, 1.82) is 0 Å². The summed E-state index contributed by atoms with van der Waals surface area (Å²) >= 11 is 13.6. The predicted molar refractivity (Wildman–Crippen MR) is 81.6 cm³/mol. The van der Waals surface area contributed by atoms with Crippen molar-refractivity contribution >= 4 is 39.5 Å². The summed E-state index contributed by atoms with van der Waals surface area (Å²) in [4.78, 5) is 5.30. The van der Waals surface area contributed by atoms with E-state index in [1.807, 2.05) is 6.92 Å². The molecule has 4 nitrogen and oxygen atoms in total. The van der Waals surface area contributed by atoms with Crippen LogP contribution in [0.3, 0.4) is 0 Å². The lowest BCUT2D eigenvalue weighted by molar-refractivity contribution is 0.275. The van der Waals surface area contributed by atoms with Crippen LogP contribution in [-0.2, 0) is 13.0 Å². The number of hydrogen-bond acceptors (Lipinski definition) is 4. The van der Waals surface area contributed by atoms with Crippen LogP contribution in [-0.4, -0.2) is 19.7 Å². The van der Waals surface area contributed by atoms with Crippen LogP contribution in [0.25, 0.3) is 16.2 Å². The summed E-state index contributed by atoms with van der Waals surface area (Å²) < 4.78 is 1.68. The molecule has 0 radical (unpaired) electrons. The number of rotatable bonds is 3. The lowest BCUT2D eigenvalue weighted by Gasteiger charge is -2.04. The monoisotopic (exact) mass is 327 g/mol. The van der Waals surface area contributed by atoms with E-state index in [2.05, 4.69) is 10.1 Å². The van der Waals surface area contributed by atoms with Crippen molar-refractivity contribution in [3.63, 3.8) is 0 Å². The van der Waals surface area contributed by atoms with Crippen molar-refractivity contribution in [1.82, 2.24) is 14.6 Å². The number of nitrogens with zero attached hydrogens (tertiary/aromatic N) is 3. The van der Waals surface area contributed by atoms with Gasteiger partial charge in [-0.25, -0.2) is 9.50 Å². The number of imidazole rings is 1. The van der Waals surface area contributed by atoms with Gasteiger partial charge in [0.2, 0.25) is 4.96 Å². The first-order valence-corrected chi connectivity index (χ1v) is 7.65. The summed E-state index contributed by atoms with van der Waals surface area (Å²) in [6, 6.07) is 5.22. The van der Waals surface area contributed by atoms with Crippen molar-refractivity contribution < 1.29 is 5.11 Å². The van der Waals surface area contributed by atoms with E-state index in [0.717, 1.165) is 22.0 Å². The van der Waals surface area contributed by atoms with E-state index >= 15 is 0 Å². The van der Waals surface area contributed by atoms with Gasteiger partial charge in [-0.2, -0.15) is 5.10 Å². The third-order valence-electron chi connectivity index (χ3n) is 2.98. The van der Waals surface area contributed by atoms with Gasteiger partial charge in [-0.15, -0.1) is 0 Å². The first-order valence-electron chi connectivity index (χ1n) is 6.07. The quantitative estimate of drug-likeness (QED) is 0.795. The minimum atomic E-state index is -0.150.